The Balaban J connectivity index is 1.93. The summed E-state index contributed by atoms with van der Waals surface area (Å²) in [5.74, 6) is -0.305. The number of hydrogen-bond donors (Lipinski definition) is 2. The summed E-state index contributed by atoms with van der Waals surface area (Å²) in [6.45, 7) is 10.1. The molecule has 1 heterocycles. The van der Waals surface area contributed by atoms with Gasteiger partial charge in [-0.15, -0.1) is 0 Å². The Hall–Kier alpha value is -1.46. The predicted octanol–water partition coefficient (Wildman–Crippen LogP) is 2.56. The van der Waals surface area contributed by atoms with Crippen molar-refractivity contribution in [3.05, 3.63) is 23.8 Å². The van der Waals surface area contributed by atoms with Crippen LogP contribution in [0.3, 0.4) is 0 Å². The zero-order chi connectivity index (χ0) is 19.3. The minimum absolute atomic E-state index is 0.0161. The summed E-state index contributed by atoms with van der Waals surface area (Å²) < 4.78 is 4.89. The second-order valence-electron chi connectivity index (χ2n) is 8.99. The van der Waals surface area contributed by atoms with Gasteiger partial charge in [0.1, 0.15) is 19.0 Å². The predicted molar refractivity (Wildman–Crippen MR) is 97.2 cm³/mol. The first kappa shape index (κ1) is 19.3. The van der Waals surface area contributed by atoms with Gasteiger partial charge in [0, 0.05) is 0 Å². The van der Waals surface area contributed by atoms with Crippen LogP contribution in [0.15, 0.2) is 23.8 Å². The van der Waals surface area contributed by atoms with E-state index in [0.717, 1.165) is 31.1 Å². The first-order chi connectivity index (χ1) is 12.1. The highest BCUT2D eigenvalue weighted by atomic mass is 16.6. The summed E-state index contributed by atoms with van der Waals surface area (Å²) >= 11 is 0. The molecule has 5 nitrogen and oxygen atoms in total. The van der Waals surface area contributed by atoms with Crippen LogP contribution in [-0.4, -0.2) is 40.8 Å². The standard InChI is InChI=1S/C21H30O5/c1-13-5-8-17-19(2,9-10-21(4,25)20(17,3)12-22)15(13)7-6-14-16(23)11-26-18(14)24/h6,12,15-17,23,25H,1,5,7-11H2,2-4H3/b14-6+/t15-,16-,17+,19+,20+,21?/m1/s1. The first-order valence-corrected chi connectivity index (χ1v) is 9.48. The summed E-state index contributed by atoms with van der Waals surface area (Å²) in [5.41, 5.74) is -0.567. The molecule has 0 spiro atoms. The maximum Gasteiger partial charge on any atom is 0.336 e. The molecule has 0 bridgehead atoms. The lowest BCUT2D eigenvalue weighted by Crippen LogP contribution is -2.61. The second-order valence-corrected chi connectivity index (χ2v) is 8.99. The molecule has 3 rings (SSSR count). The number of fused-ring (bicyclic) bond motifs is 1. The third-order valence-electron chi connectivity index (χ3n) is 7.66. The fourth-order valence-electron chi connectivity index (χ4n) is 5.61. The van der Waals surface area contributed by atoms with Gasteiger partial charge in [0.15, 0.2) is 0 Å². The Morgan fingerprint density at radius 1 is 1.31 bits per heavy atom. The number of aliphatic hydroxyl groups excluding tert-OH is 1. The monoisotopic (exact) mass is 362 g/mol. The lowest BCUT2D eigenvalue weighted by atomic mass is 9.43. The van der Waals surface area contributed by atoms with Crippen LogP contribution < -0.4 is 0 Å². The van der Waals surface area contributed by atoms with Gasteiger partial charge in [-0.05, 0) is 63.2 Å². The quantitative estimate of drug-likeness (QED) is 0.349. The van der Waals surface area contributed by atoms with E-state index < -0.39 is 23.1 Å². The minimum atomic E-state index is -1.02. The molecule has 0 aromatic heterocycles. The van der Waals surface area contributed by atoms with Gasteiger partial charge in [-0.1, -0.05) is 25.2 Å². The molecule has 6 atom stereocenters. The highest BCUT2D eigenvalue weighted by Gasteiger charge is 2.61. The average Bonchev–Trinajstić information content (AvgIpc) is 2.90. The Morgan fingerprint density at radius 3 is 2.58 bits per heavy atom. The van der Waals surface area contributed by atoms with E-state index >= 15 is 0 Å². The largest absolute Gasteiger partial charge is 0.459 e. The molecule has 2 aliphatic carbocycles. The summed E-state index contributed by atoms with van der Waals surface area (Å²) in [6, 6.07) is 0. The average molecular weight is 362 g/mol. The molecule has 0 aromatic carbocycles. The highest BCUT2D eigenvalue weighted by Crippen LogP contribution is 2.63. The van der Waals surface area contributed by atoms with E-state index in [4.69, 9.17) is 4.74 Å². The molecule has 2 saturated carbocycles. The van der Waals surface area contributed by atoms with E-state index in [1.807, 2.05) is 6.92 Å². The normalized spacial score (nSPS) is 47.6. The molecular formula is C21H30O5. The van der Waals surface area contributed by atoms with Gasteiger partial charge in [-0.3, -0.25) is 0 Å². The maximum atomic E-state index is 12.0. The maximum absolute atomic E-state index is 12.0. The number of esters is 1. The van der Waals surface area contributed by atoms with E-state index in [9.17, 15) is 19.8 Å². The number of aliphatic hydroxyl groups is 2. The summed E-state index contributed by atoms with van der Waals surface area (Å²) in [6.07, 6.45) is 5.44. The number of allylic oxidation sites excluding steroid dienone is 2. The fraction of sp³-hybridized carbons (Fsp3) is 0.714. The van der Waals surface area contributed by atoms with Crippen LogP contribution in [-0.2, 0) is 14.3 Å². The molecule has 1 saturated heterocycles. The molecule has 1 aliphatic heterocycles. The Bertz CT molecular complexity index is 663. The summed E-state index contributed by atoms with van der Waals surface area (Å²) in [7, 11) is 0. The van der Waals surface area contributed by atoms with Gasteiger partial charge in [0.2, 0.25) is 0 Å². The fourth-order valence-corrected chi connectivity index (χ4v) is 5.61. The minimum Gasteiger partial charge on any atom is -0.459 e. The van der Waals surface area contributed by atoms with Crippen molar-refractivity contribution in [2.45, 2.75) is 64.6 Å². The van der Waals surface area contributed by atoms with Crippen LogP contribution >= 0.6 is 0 Å². The molecule has 2 N–H and O–H groups in total. The zero-order valence-corrected chi connectivity index (χ0v) is 16.0. The molecule has 0 aromatic rings. The van der Waals surface area contributed by atoms with Crippen LogP contribution in [0.25, 0.3) is 0 Å². The van der Waals surface area contributed by atoms with Crippen molar-refractivity contribution in [1.82, 2.24) is 0 Å². The van der Waals surface area contributed by atoms with Crippen LogP contribution in [0.2, 0.25) is 0 Å². The molecule has 0 amide bonds. The number of aldehydes is 1. The molecule has 1 unspecified atom stereocenters. The van der Waals surface area contributed by atoms with Gasteiger partial charge < -0.3 is 19.7 Å². The van der Waals surface area contributed by atoms with Crippen molar-refractivity contribution in [2.24, 2.45) is 22.7 Å². The van der Waals surface area contributed by atoms with E-state index in [0.29, 0.717) is 18.4 Å². The van der Waals surface area contributed by atoms with E-state index in [1.165, 1.54) is 0 Å². The van der Waals surface area contributed by atoms with Gasteiger partial charge in [-0.25, -0.2) is 4.79 Å². The second kappa shape index (κ2) is 6.31. The Morgan fingerprint density at radius 2 is 2.00 bits per heavy atom. The van der Waals surface area contributed by atoms with Gasteiger partial charge in [0.25, 0.3) is 0 Å². The van der Waals surface area contributed by atoms with Crippen LogP contribution in [0.5, 0.6) is 0 Å². The van der Waals surface area contributed by atoms with Gasteiger partial charge in [0.05, 0.1) is 16.6 Å². The smallest absolute Gasteiger partial charge is 0.336 e. The third kappa shape index (κ3) is 2.67. The first-order valence-electron chi connectivity index (χ1n) is 9.48. The third-order valence-corrected chi connectivity index (χ3v) is 7.66. The lowest BCUT2D eigenvalue weighted by molar-refractivity contribution is -0.183. The van der Waals surface area contributed by atoms with Crippen molar-refractivity contribution >= 4 is 12.3 Å². The molecule has 3 fully saturated rings. The van der Waals surface area contributed by atoms with Crippen molar-refractivity contribution in [1.29, 1.82) is 0 Å². The zero-order valence-electron chi connectivity index (χ0n) is 16.0. The van der Waals surface area contributed by atoms with E-state index in [1.54, 1.807) is 13.0 Å². The molecule has 144 valence electrons. The van der Waals surface area contributed by atoms with Crippen molar-refractivity contribution in [3.63, 3.8) is 0 Å². The van der Waals surface area contributed by atoms with Crippen molar-refractivity contribution < 1.29 is 24.5 Å². The lowest BCUT2D eigenvalue weighted by Gasteiger charge is -2.61. The SMILES string of the molecule is C=C1CC[C@H]2[C@@](C)(CCC(C)(O)[C@@]2(C)C=O)[C@@H]1C/C=C1/C(=O)OC[C@H]1O. The van der Waals surface area contributed by atoms with Crippen LogP contribution in [0.1, 0.15) is 52.9 Å². The Labute approximate surface area is 155 Å². The van der Waals surface area contributed by atoms with Crippen LogP contribution in [0, 0.1) is 22.7 Å². The van der Waals surface area contributed by atoms with Crippen LogP contribution in [0.4, 0.5) is 0 Å². The summed E-state index contributed by atoms with van der Waals surface area (Å²) in [4.78, 5) is 23.8. The highest BCUT2D eigenvalue weighted by molar-refractivity contribution is 5.91. The number of rotatable bonds is 3. The topological polar surface area (TPSA) is 83.8 Å². The summed E-state index contributed by atoms with van der Waals surface area (Å²) in [5, 5.41) is 20.8. The van der Waals surface area contributed by atoms with Crippen molar-refractivity contribution in [3.8, 4) is 0 Å². The number of carbonyl (C=O) groups excluding carboxylic acids is 2. The van der Waals surface area contributed by atoms with Gasteiger partial charge in [-0.2, -0.15) is 0 Å². The molecule has 0 radical (unpaired) electrons. The van der Waals surface area contributed by atoms with Gasteiger partial charge >= 0.3 is 5.97 Å². The number of carbonyl (C=O) groups is 2. The molecule has 26 heavy (non-hydrogen) atoms. The molecule has 5 heteroatoms. The van der Waals surface area contributed by atoms with E-state index in [2.05, 4.69) is 13.5 Å². The molecular weight excluding hydrogens is 332 g/mol. The van der Waals surface area contributed by atoms with E-state index in [-0.39, 0.29) is 23.9 Å². The van der Waals surface area contributed by atoms with Crippen molar-refractivity contribution in [2.75, 3.05) is 6.61 Å². The Kier molecular flexibility index (Phi) is 4.68. The number of cyclic esters (lactones) is 1. The number of hydrogen-bond acceptors (Lipinski definition) is 5. The number of ether oxygens (including phenoxy) is 1. The molecule has 3 aliphatic rings.